The number of anilines is 1. The summed E-state index contributed by atoms with van der Waals surface area (Å²) < 4.78 is 5.93. The number of carbonyl (C=O) groups excluding carboxylic acids is 1. The highest BCUT2D eigenvalue weighted by atomic mass is 35.5. The van der Waals surface area contributed by atoms with Crippen LogP contribution in [-0.4, -0.2) is 23.0 Å². The number of hydrogen-bond donors (Lipinski definition) is 2. The van der Waals surface area contributed by atoms with Crippen molar-refractivity contribution in [3.8, 4) is 11.5 Å². The van der Waals surface area contributed by atoms with Crippen LogP contribution in [-0.2, 0) is 0 Å². The summed E-state index contributed by atoms with van der Waals surface area (Å²) in [7, 11) is 1.53. The third-order valence-electron chi connectivity index (χ3n) is 3.48. The molecular formula is C16H11ClN2O5S. The average molecular weight is 379 g/mol. The molecule has 0 bridgehead atoms. The van der Waals surface area contributed by atoms with Gasteiger partial charge in [0.1, 0.15) is 16.4 Å². The molecule has 3 aromatic rings. The molecule has 1 aromatic heterocycles. The molecule has 25 heavy (non-hydrogen) atoms. The van der Waals surface area contributed by atoms with Crippen LogP contribution in [0.4, 0.5) is 11.4 Å². The van der Waals surface area contributed by atoms with E-state index in [1.165, 1.54) is 18.4 Å². The maximum Gasteiger partial charge on any atom is 0.271 e. The lowest BCUT2D eigenvalue weighted by atomic mass is 10.2. The van der Waals surface area contributed by atoms with Crippen LogP contribution in [0.2, 0.25) is 5.02 Å². The average Bonchev–Trinajstić information content (AvgIpc) is 2.93. The van der Waals surface area contributed by atoms with E-state index in [-0.39, 0.29) is 27.0 Å². The topological polar surface area (TPSA) is 102 Å². The smallest absolute Gasteiger partial charge is 0.271 e. The number of thiophene rings is 1. The first-order valence-corrected chi connectivity index (χ1v) is 8.15. The number of phenols is 1. The zero-order valence-electron chi connectivity index (χ0n) is 12.8. The minimum absolute atomic E-state index is 0.0645. The minimum atomic E-state index is -0.617. The molecule has 0 unspecified atom stereocenters. The molecule has 7 nitrogen and oxygen atoms in total. The van der Waals surface area contributed by atoms with E-state index in [9.17, 15) is 20.0 Å². The number of ether oxygens (including phenoxy) is 1. The molecule has 0 radical (unpaired) electrons. The van der Waals surface area contributed by atoms with Crippen molar-refractivity contribution < 1.29 is 19.6 Å². The van der Waals surface area contributed by atoms with Gasteiger partial charge in [0.2, 0.25) is 0 Å². The van der Waals surface area contributed by atoms with Crippen molar-refractivity contribution in [2.75, 3.05) is 12.4 Å². The molecule has 9 heteroatoms. The standard InChI is InChI=1S/C16H11ClN2O5S/c1-24-9-3-5-13-10(7-9)14(17)15(25-13)16(21)18-11-6-8(19(22)23)2-4-12(11)20/h2-7,20H,1H3,(H,18,21). The van der Waals surface area contributed by atoms with Crippen molar-refractivity contribution in [1.82, 2.24) is 0 Å². The summed E-state index contributed by atoms with van der Waals surface area (Å²) in [5, 5.41) is 24.0. The summed E-state index contributed by atoms with van der Waals surface area (Å²) in [4.78, 5) is 22.9. The van der Waals surface area contributed by atoms with Crippen LogP contribution in [0, 0.1) is 10.1 Å². The highest BCUT2D eigenvalue weighted by Gasteiger charge is 2.20. The fourth-order valence-corrected chi connectivity index (χ4v) is 3.62. The van der Waals surface area contributed by atoms with E-state index < -0.39 is 10.8 Å². The lowest BCUT2D eigenvalue weighted by molar-refractivity contribution is -0.384. The number of nitrogens with zero attached hydrogens (tertiary/aromatic N) is 1. The van der Waals surface area contributed by atoms with Gasteiger partial charge in [-0.15, -0.1) is 11.3 Å². The van der Waals surface area contributed by atoms with E-state index in [1.807, 2.05) is 0 Å². The molecule has 1 amide bonds. The Hall–Kier alpha value is -2.84. The third kappa shape index (κ3) is 3.21. The number of benzene rings is 2. The minimum Gasteiger partial charge on any atom is -0.506 e. The van der Waals surface area contributed by atoms with E-state index in [2.05, 4.69) is 5.32 Å². The number of nitro groups is 1. The van der Waals surface area contributed by atoms with Crippen LogP contribution in [0.5, 0.6) is 11.5 Å². The summed E-state index contributed by atoms with van der Waals surface area (Å²) in [6.45, 7) is 0. The second kappa shape index (κ2) is 6.58. The maximum atomic E-state index is 12.5. The van der Waals surface area contributed by atoms with E-state index in [4.69, 9.17) is 16.3 Å². The molecule has 0 saturated heterocycles. The van der Waals surface area contributed by atoms with Gasteiger partial charge in [0.15, 0.2) is 0 Å². The van der Waals surface area contributed by atoms with Gasteiger partial charge in [-0.1, -0.05) is 11.6 Å². The van der Waals surface area contributed by atoms with Gasteiger partial charge in [0.05, 0.1) is 22.7 Å². The zero-order chi connectivity index (χ0) is 18.1. The van der Waals surface area contributed by atoms with E-state index in [0.29, 0.717) is 11.1 Å². The molecule has 0 atom stereocenters. The second-order valence-electron chi connectivity index (χ2n) is 5.02. The number of amides is 1. The van der Waals surface area contributed by atoms with Crippen LogP contribution < -0.4 is 10.1 Å². The number of nitrogens with one attached hydrogen (secondary N) is 1. The molecule has 0 saturated carbocycles. The van der Waals surface area contributed by atoms with Gasteiger partial charge in [-0.05, 0) is 24.3 Å². The zero-order valence-corrected chi connectivity index (χ0v) is 14.4. The molecule has 0 aliphatic carbocycles. The Morgan fingerprint density at radius 2 is 2.08 bits per heavy atom. The van der Waals surface area contributed by atoms with Crippen molar-refractivity contribution >= 4 is 50.3 Å². The van der Waals surface area contributed by atoms with Gasteiger partial charge in [-0.25, -0.2) is 0 Å². The summed E-state index contributed by atoms with van der Waals surface area (Å²) in [5.41, 5.74) is -0.314. The van der Waals surface area contributed by atoms with Crippen LogP contribution in [0.1, 0.15) is 9.67 Å². The number of methoxy groups -OCH3 is 1. The Balaban J connectivity index is 1.96. The number of carbonyl (C=O) groups is 1. The lowest BCUT2D eigenvalue weighted by Crippen LogP contribution is -2.11. The maximum absolute atomic E-state index is 12.5. The highest BCUT2D eigenvalue weighted by Crippen LogP contribution is 2.38. The van der Waals surface area contributed by atoms with Gasteiger partial charge in [-0.2, -0.15) is 0 Å². The predicted octanol–water partition coefficient (Wildman–Crippen LogP) is 4.43. The van der Waals surface area contributed by atoms with Gasteiger partial charge in [0.25, 0.3) is 11.6 Å². The molecule has 1 heterocycles. The third-order valence-corrected chi connectivity index (χ3v) is 5.15. The van der Waals surface area contributed by atoms with Crippen molar-refractivity contribution in [3.05, 3.63) is 56.4 Å². The molecule has 2 N–H and O–H groups in total. The van der Waals surface area contributed by atoms with Crippen LogP contribution >= 0.6 is 22.9 Å². The van der Waals surface area contributed by atoms with Gasteiger partial charge >= 0.3 is 0 Å². The SMILES string of the molecule is COc1ccc2sc(C(=O)Nc3cc([N+](=O)[O-])ccc3O)c(Cl)c2c1. The first kappa shape index (κ1) is 17.0. The van der Waals surface area contributed by atoms with Gasteiger partial charge in [0, 0.05) is 22.2 Å². The summed E-state index contributed by atoms with van der Waals surface area (Å²) in [6.07, 6.45) is 0. The predicted molar refractivity (Wildman–Crippen MR) is 96.1 cm³/mol. The Morgan fingerprint density at radius 1 is 1.32 bits per heavy atom. The largest absolute Gasteiger partial charge is 0.506 e. The summed E-state index contributed by atoms with van der Waals surface area (Å²) >= 11 is 7.46. The molecule has 2 aromatic carbocycles. The molecule has 0 fully saturated rings. The van der Waals surface area contributed by atoms with E-state index in [0.717, 1.165) is 22.9 Å². The van der Waals surface area contributed by atoms with Crippen LogP contribution in [0.25, 0.3) is 10.1 Å². The second-order valence-corrected chi connectivity index (χ2v) is 6.45. The molecule has 0 aliphatic heterocycles. The number of fused-ring (bicyclic) bond motifs is 1. The number of aromatic hydroxyl groups is 1. The van der Waals surface area contributed by atoms with Crippen molar-refractivity contribution in [2.45, 2.75) is 0 Å². The number of halogens is 1. The monoisotopic (exact) mass is 378 g/mol. The molecular weight excluding hydrogens is 368 g/mol. The summed E-state index contributed by atoms with van der Waals surface area (Å²) in [5.74, 6) is -0.241. The first-order chi connectivity index (χ1) is 11.9. The number of non-ortho nitro benzene ring substituents is 1. The number of rotatable bonds is 4. The molecule has 3 rings (SSSR count). The van der Waals surface area contributed by atoms with E-state index >= 15 is 0 Å². The highest BCUT2D eigenvalue weighted by molar-refractivity contribution is 7.21. The first-order valence-electron chi connectivity index (χ1n) is 6.95. The fraction of sp³-hybridized carbons (Fsp3) is 0.0625. The lowest BCUT2D eigenvalue weighted by Gasteiger charge is -2.06. The van der Waals surface area contributed by atoms with Crippen molar-refractivity contribution in [1.29, 1.82) is 0 Å². The number of hydrogen-bond acceptors (Lipinski definition) is 6. The normalized spacial score (nSPS) is 10.6. The molecule has 0 spiro atoms. The Labute approximate surface area is 150 Å². The van der Waals surface area contributed by atoms with E-state index in [1.54, 1.807) is 18.2 Å². The fourth-order valence-electron chi connectivity index (χ4n) is 2.24. The van der Waals surface area contributed by atoms with Crippen molar-refractivity contribution in [3.63, 3.8) is 0 Å². The summed E-state index contributed by atoms with van der Waals surface area (Å²) in [6, 6.07) is 8.62. The molecule has 0 aliphatic rings. The van der Waals surface area contributed by atoms with Gasteiger partial charge in [-0.3, -0.25) is 14.9 Å². The Kier molecular flexibility index (Phi) is 4.47. The van der Waals surface area contributed by atoms with Gasteiger partial charge < -0.3 is 15.2 Å². The molecule has 128 valence electrons. The van der Waals surface area contributed by atoms with Crippen LogP contribution in [0.15, 0.2) is 36.4 Å². The van der Waals surface area contributed by atoms with Crippen molar-refractivity contribution in [2.24, 2.45) is 0 Å². The number of phenolic OH excluding ortho intramolecular Hbond substituents is 1. The Morgan fingerprint density at radius 3 is 2.76 bits per heavy atom. The van der Waals surface area contributed by atoms with Crippen LogP contribution in [0.3, 0.4) is 0 Å². The Bertz CT molecular complexity index is 1000. The quantitative estimate of drug-likeness (QED) is 0.397. The number of nitro benzene ring substituents is 1.